The van der Waals surface area contributed by atoms with E-state index < -0.39 is 10.2 Å². The number of rotatable bonds is 3. The molecule has 12 heavy (non-hydrogen) atoms. The third-order valence-corrected chi connectivity index (χ3v) is 3.11. The molecule has 0 saturated carbocycles. The molecule has 2 N–H and O–H groups in total. The summed E-state index contributed by atoms with van der Waals surface area (Å²) in [6, 6.07) is 0. The monoisotopic (exact) mass is 192 g/mol. The van der Waals surface area contributed by atoms with Crippen LogP contribution in [0, 0.1) is 11.8 Å². The summed E-state index contributed by atoms with van der Waals surface area (Å²) in [4.78, 5) is 0. The predicted octanol–water partition coefficient (Wildman–Crippen LogP) is 0.168. The van der Waals surface area contributed by atoms with Crippen LogP contribution < -0.4 is 5.14 Å². The van der Waals surface area contributed by atoms with Crippen molar-refractivity contribution in [3.8, 4) is 0 Å². The first kappa shape index (κ1) is 9.95. The molecule has 0 bridgehead atoms. The van der Waals surface area contributed by atoms with Gasteiger partial charge < -0.3 is 0 Å². The van der Waals surface area contributed by atoms with Gasteiger partial charge in [-0.15, -0.1) is 0 Å². The Morgan fingerprint density at radius 2 is 2.00 bits per heavy atom. The van der Waals surface area contributed by atoms with Gasteiger partial charge in [0.25, 0.3) is 10.2 Å². The maximum absolute atomic E-state index is 10.7. The van der Waals surface area contributed by atoms with Gasteiger partial charge >= 0.3 is 0 Å². The van der Waals surface area contributed by atoms with E-state index in [2.05, 4.69) is 13.8 Å². The Balaban J connectivity index is 2.30. The highest BCUT2D eigenvalue weighted by Crippen LogP contribution is 2.23. The van der Waals surface area contributed by atoms with Crippen molar-refractivity contribution in [2.45, 2.75) is 20.3 Å². The zero-order chi connectivity index (χ0) is 9.35. The van der Waals surface area contributed by atoms with Gasteiger partial charge in [0.1, 0.15) is 0 Å². The molecule has 0 radical (unpaired) electrons. The quantitative estimate of drug-likeness (QED) is 0.692. The van der Waals surface area contributed by atoms with E-state index in [4.69, 9.17) is 5.14 Å². The zero-order valence-corrected chi connectivity index (χ0v) is 8.34. The third kappa shape index (κ3) is 2.43. The summed E-state index contributed by atoms with van der Waals surface area (Å²) in [6.45, 7) is 5.49. The molecule has 0 aromatic carbocycles. The Morgan fingerprint density at radius 3 is 2.33 bits per heavy atom. The van der Waals surface area contributed by atoms with Gasteiger partial charge in [-0.05, 0) is 18.3 Å². The van der Waals surface area contributed by atoms with E-state index >= 15 is 0 Å². The number of hydrogen-bond acceptors (Lipinski definition) is 2. The first-order valence-corrected chi connectivity index (χ1v) is 5.67. The molecule has 0 atom stereocenters. The molecule has 0 aromatic heterocycles. The number of nitrogens with two attached hydrogens (primary N) is 1. The lowest BCUT2D eigenvalue weighted by Crippen LogP contribution is -2.52. The Kier molecular flexibility index (Phi) is 2.75. The fraction of sp³-hybridized carbons (Fsp3) is 1.00. The molecule has 0 aromatic rings. The van der Waals surface area contributed by atoms with E-state index in [1.807, 2.05) is 0 Å². The fourth-order valence-corrected chi connectivity index (χ4v) is 2.38. The Labute approximate surface area is 73.9 Å². The molecule has 1 rings (SSSR count). The first-order chi connectivity index (χ1) is 5.39. The average molecular weight is 192 g/mol. The smallest absolute Gasteiger partial charge is 0.216 e. The van der Waals surface area contributed by atoms with Crippen LogP contribution in [0.5, 0.6) is 0 Å². The van der Waals surface area contributed by atoms with E-state index in [0.717, 1.165) is 6.42 Å². The molecule has 5 heteroatoms. The summed E-state index contributed by atoms with van der Waals surface area (Å²) < 4.78 is 22.8. The highest BCUT2D eigenvalue weighted by Gasteiger charge is 2.33. The van der Waals surface area contributed by atoms with Crippen LogP contribution in [0.25, 0.3) is 0 Å². The highest BCUT2D eigenvalue weighted by atomic mass is 32.2. The topological polar surface area (TPSA) is 63.4 Å². The first-order valence-electron chi connectivity index (χ1n) is 4.17. The van der Waals surface area contributed by atoms with Crippen LogP contribution >= 0.6 is 0 Å². The highest BCUT2D eigenvalue weighted by molar-refractivity contribution is 7.86. The van der Waals surface area contributed by atoms with E-state index in [1.54, 1.807) is 0 Å². The van der Waals surface area contributed by atoms with Crippen molar-refractivity contribution in [3.63, 3.8) is 0 Å². The van der Waals surface area contributed by atoms with Gasteiger partial charge in [0.15, 0.2) is 0 Å². The second kappa shape index (κ2) is 3.32. The summed E-state index contributed by atoms with van der Waals surface area (Å²) in [5, 5.41) is 4.93. The molecule has 0 amide bonds. The van der Waals surface area contributed by atoms with Crippen LogP contribution in [0.2, 0.25) is 0 Å². The van der Waals surface area contributed by atoms with Crippen molar-refractivity contribution >= 4 is 10.2 Å². The summed E-state index contributed by atoms with van der Waals surface area (Å²) in [5.41, 5.74) is 0. The minimum Gasteiger partial charge on any atom is -0.216 e. The Bertz CT molecular complexity index is 242. The minimum atomic E-state index is -3.40. The molecule has 0 unspecified atom stereocenters. The van der Waals surface area contributed by atoms with Crippen LogP contribution in [0.1, 0.15) is 20.3 Å². The van der Waals surface area contributed by atoms with Crippen molar-refractivity contribution in [2.24, 2.45) is 17.0 Å². The van der Waals surface area contributed by atoms with Gasteiger partial charge in [-0.2, -0.15) is 12.7 Å². The second-order valence-corrected chi connectivity index (χ2v) is 5.40. The molecule has 0 spiro atoms. The SMILES string of the molecule is CC(C)CC1CN(S(N)(=O)=O)C1. The summed E-state index contributed by atoms with van der Waals surface area (Å²) in [6.07, 6.45) is 1.09. The lowest BCUT2D eigenvalue weighted by atomic mass is 9.92. The van der Waals surface area contributed by atoms with Gasteiger partial charge in [0.2, 0.25) is 0 Å². The van der Waals surface area contributed by atoms with Gasteiger partial charge in [0.05, 0.1) is 0 Å². The lowest BCUT2D eigenvalue weighted by molar-refractivity contribution is 0.174. The van der Waals surface area contributed by atoms with Crippen LogP contribution in [-0.2, 0) is 10.2 Å². The van der Waals surface area contributed by atoms with Crippen molar-refractivity contribution in [3.05, 3.63) is 0 Å². The van der Waals surface area contributed by atoms with Crippen molar-refractivity contribution in [2.75, 3.05) is 13.1 Å². The summed E-state index contributed by atoms with van der Waals surface area (Å²) >= 11 is 0. The number of nitrogens with zero attached hydrogens (tertiary/aromatic N) is 1. The maximum atomic E-state index is 10.7. The molecular weight excluding hydrogens is 176 g/mol. The molecule has 1 aliphatic heterocycles. The molecule has 0 aliphatic carbocycles. The van der Waals surface area contributed by atoms with E-state index in [0.29, 0.717) is 24.9 Å². The van der Waals surface area contributed by atoms with E-state index in [1.165, 1.54) is 4.31 Å². The molecule has 1 heterocycles. The van der Waals surface area contributed by atoms with Crippen LogP contribution in [-0.4, -0.2) is 25.8 Å². The van der Waals surface area contributed by atoms with Gasteiger partial charge in [-0.25, -0.2) is 5.14 Å². The normalized spacial score (nSPS) is 21.3. The lowest BCUT2D eigenvalue weighted by Gasteiger charge is -2.37. The zero-order valence-electron chi connectivity index (χ0n) is 7.53. The fourth-order valence-electron chi connectivity index (χ4n) is 1.55. The third-order valence-electron chi connectivity index (χ3n) is 2.09. The standard InChI is InChI=1S/C7H16N2O2S/c1-6(2)3-7-4-9(5-7)12(8,10)11/h6-7H,3-5H2,1-2H3,(H2,8,10,11). The number of hydrogen-bond donors (Lipinski definition) is 1. The Hall–Kier alpha value is -0.130. The largest absolute Gasteiger partial charge is 0.276 e. The second-order valence-electron chi connectivity index (χ2n) is 3.86. The molecule has 1 aliphatic rings. The summed E-state index contributed by atoms with van der Waals surface area (Å²) in [7, 11) is -3.40. The molecule has 4 nitrogen and oxygen atoms in total. The Morgan fingerprint density at radius 1 is 1.50 bits per heavy atom. The van der Waals surface area contributed by atoms with Crippen molar-refractivity contribution in [1.82, 2.24) is 4.31 Å². The van der Waals surface area contributed by atoms with Crippen LogP contribution in [0.3, 0.4) is 0 Å². The van der Waals surface area contributed by atoms with Crippen molar-refractivity contribution < 1.29 is 8.42 Å². The van der Waals surface area contributed by atoms with E-state index in [9.17, 15) is 8.42 Å². The van der Waals surface area contributed by atoms with Crippen LogP contribution in [0.15, 0.2) is 0 Å². The summed E-state index contributed by atoms with van der Waals surface area (Å²) in [5.74, 6) is 1.15. The maximum Gasteiger partial charge on any atom is 0.276 e. The van der Waals surface area contributed by atoms with Crippen molar-refractivity contribution in [1.29, 1.82) is 0 Å². The minimum absolute atomic E-state index is 0.517. The van der Waals surface area contributed by atoms with Gasteiger partial charge in [-0.1, -0.05) is 13.8 Å². The van der Waals surface area contributed by atoms with Crippen LogP contribution in [0.4, 0.5) is 0 Å². The average Bonchev–Trinajstić information content (AvgIpc) is 1.73. The van der Waals surface area contributed by atoms with Gasteiger partial charge in [-0.3, -0.25) is 0 Å². The predicted molar refractivity (Wildman–Crippen MR) is 47.6 cm³/mol. The molecular formula is C7H16N2O2S. The molecule has 1 saturated heterocycles. The van der Waals surface area contributed by atoms with Gasteiger partial charge in [0, 0.05) is 13.1 Å². The molecule has 72 valence electrons. The molecule has 1 fully saturated rings. The van der Waals surface area contributed by atoms with E-state index in [-0.39, 0.29) is 0 Å².